The molecule has 1 atom stereocenters. The minimum Gasteiger partial charge on any atom is -0.311 e. The highest BCUT2D eigenvalue weighted by Crippen LogP contribution is 2.09. The molecule has 0 aromatic heterocycles. The molecule has 1 aromatic rings. The van der Waals surface area contributed by atoms with Crippen LogP contribution in [0.1, 0.15) is 5.56 Å². The molecule has 88 valence electrons. The SMILES string of the molecule is CN(Cc1ccccc1)CC1CSCCN1. The van der Waals surface area contributed by atoms with Crippen molar-refractivity contribution in [2.75, 3.05) is 31.6 Å². The van der Waals surface area contributed by atoms with E-state index in [-0.39, 0.29) is 0 Å². The van der Waals surface area contributed by atoms with Crippen molar-refractivity contribution in [2.45, 2.75) is 12.6 Å². The number of thioether (sulfide) groups is 1. The zero-order chi connectivity index (χ0) is 11.2. The highest BCUT2D eigenvalue weighted by Gasteiger charge is 2.14. The van der Waals surface area contributed by atoms with Crippen molar-refractivity contribution < 1.29 is 0 Å². The van der Waals surface area contributed by atoms with Crippen molar-refractivity contribution in [2.24, 2.45) is 0 Å². The van der Waals surface area contributed by atoms with Crippen LogP contribution in [0.15, 0.2) is 30.3 Å². The van der Waals surface area contributed by atoms with Gasteiger partial charge in [-0.1, -0.05) is 30.3 Å². The topological polar surface area (TPSA) is 15.3 Å². The van der Waals surface area contributed by atoms with E-state index in [1.807, 2.05) is 0 Å². The maximum Gasteiger partial charge on any atom is 0.0285 e. The molecule has 0 aliphatic carbocycles. The maximum absolute atomic E-state index is 3.57. The predicted molar refractivity (Wildman–Crippen MR) is 71.9 cm³/mol. The molecule has 3 heteroatoms. The van der Waals surface area contributed by atoms with Gasteiger partial charge in [-0.15, -0.1) is 0 Å². The molecular weight excluding hydrogens is 216 g/mol. The van der Waals surface area contributed by atoms with Crippen molar-refractivity contribution in [1.29, 1.82) is 0 Å². The van der Waals surface area contributed by atoms with Crippen LogP contribution < -0.4 is 5.32 Å². The van der Waals surface area contributed by atoms with Crippen molar-refractivity contribution >= 4 is 11.8 Å². The van der Waals surface area contributed by atoms with Crippen LogP contribution in [0, 0.1) is 0 Å². The number of hydrogen-bond donors (Lipinski definition) is 1. The summed E-state index contributed by atoms with van der Waals surface area (Å²) in [5.74, 6) is 2.51. The summed E-state index contributed by atoms with van der Waals surface area (Å²) in [5, 5.41) is 3.57. The lowest BCUT2D eigenvalue weighted by molar-refractivity contribution is 0.292. The fourth-order valence-corrected chi connectivity index (χ4v) is 3.01. The van der Waals surface area contributed by atoms with Crippen molar-refractivity contribution in [3.63, 3.8) is 0 Å². The van der Waals surface area contributed by atoms with E-state index in [9.17, 15) is 0 Å². The molecule has 1 aliphatic heterocycles. The van der Waals surface area contributed by atoms with Crippen LogP contribution in [0.25, 0.3) is 0 Å². The molecule has 2 rings (SSSR count). The van der Waals surface area contributed by atoms with Crippen LogP contribution in [-0.4, -0.2) is 42.6 Å². The Morgan fingerprint density at radius 1 is 1.38 bits per heavy atom. The second-order valence-electron chi connectivity index (χ2n) is 4.41. The first-order valence-corrected chi connectivity index (χ1v) is 7.03. The average Bonchev–Trinajstić information content (AvgIpc) is 2.31. The Balaban J connectivity index is 1.77. The summed E-state index contributed by atoms with van der Waals surface area (Å²) in [5.41, 5.74) is 1.40. The van der Waals surface area contributed by atoms with E-state index in [0.717, 1.165) is 19.6 Å². The molecule has 0 saturated carbocycles. The molecule has 1 aromatic carbocycles. The highest BCUT2D eigenvalue weighted by molar-refractivity contribution is 7.99. The zero-order valence-corrected chi connectivity index (χ0v) is 10.7. The lowest BCUT2D eigenvalue weighted by Crippen LogP contribution is -2.44. The van der Waals surface area contributed by atoms with E-state index < -0.39 is 0 Å². The molecule has 0 amide bonds. The van der Waals surface area contributed by atoms with Crippen molar-refractivity contribution in [3.8, 4) is 0 Å². The molecule has 2 nitrogen and oxygen atoms in total. The lowest BCUT2D eigenvalue weighted by Gasteiger charge is -2.27. The van der Waals surface area contributed by atoms with Crippen LogP contribution in [0.2, 0.25) is 0 Å². The number of nitrogens with one attached hydrogen (secondary N) is 1. The first kappa shape index (κ1) is 12.0. The summed E-state index contributed by atoms with van der Waals surface area (Å²) < 4.78 is 0. The third-order valence-corrected chi connectivity index (χ3v) is 3.96. The van der Waals surface area contributed by atoms with Gasteiger partial charge in [0.25, 0.3) is 0 Å². The van der Waals surface area contributed by atoms with E-state index in [2.05, 4.69) is 59.4 Å². The second-order valence-corrected chi connectivity index (χ2v) is 5.56. The Morgan fingerprint density at radius 3 is 2.88 bits per heavy atom. The van der Waals surface area contributed by atoms with Gasteiger partial charge in [0.1, 0.15) is 0 Å². The smallest absolute Gasteiger partial charge is 0.0285 e. The van der Waals surface area contributed by atoms with Gasteiger partial charge in [-0.3, -0.25) is 0 Å². The Kier molecular flexibility index (Phi) is 4.69. The van der Waals surface area contributed by atoms with E-state index in [0.29, 0.717) is 6.04 Å². The standard InChI is InChI=1S/C13H20N2S/c1-15(9-12-5-3-2-4-6-12)10-13-11-16-8-7-14-13/h2-6,13-14H,7-11H2,1H3. The van der Waals surface area contributed by atoms with E-state index in [1.165, 1.54) is 17.1 Å². The van der Waals surface area contributed by atoms with Crippen LogP contribution in [0.4, 0.5) is 0 Å². The summed E-state index contributed by atoms with van der Waals surface area (Å²) in [6, 6.07) is 11.3. The molecule has 16 heavy (non-hydrogen) atoms. The Labute approximate surface area is 102 Å². The summed E-state index contributed by atoms with van der Waals surface area (Å²) >= 11 is 2.06. The third-order valence-electron chi connectivity index (χ3n) is 2.83. The Hall–Kier alpha value is -0.510. The summed E-state index contributed by atoms with van der Waals surface area (Å²) in [6.07, 6.45) is 0. The molecular formula is C13H20N2S. The monoisotopic (exact) mass is 236 g/mol. The molecule has 1 N–H and O–H groups in total. The molecule has 0 bridgehead atoms. The molecule has 1 heterocycles. The number of nitrogens with zero attached hydrogens (tertiary/aromatic N) is 1. The quantitative estimate of drug-likeness (QED) is 0.858. The Morgan fingerprint density at radius 2 is 2.19 bits per heavy atom. The summed E-state index contributed by atoms with van der Waals surface area (Å²) in [6.45, 7) is 3.35. The molecule has 1 saturated heterocycles. The number of likely N-dealkylation sites (N-methyl/N-ethyl adjacent to an activating group) is 1. The fraction of sp³-hybridized carbons (Fsp3) is 0.538. The van der Waals surface area contributed by atoms with Gasteiger partial charge in [-0.2, -0.15) is 11.8 Å². The van der Waals surface area contributed by atoms with Crippen LogP contribution in [0.5, 0.6) is 0 Å². The minimum absolute atomic E-state index is 0.660. The summed E-state index contributed by atoms with van der Waals surface area (Å²) in [4.78, 5) is 2.40. The first-order chi connectivity index (χ1) is 7.84. The zero-order valence-electron chi connectivity index (χ0n) is 9.86. The average molecular weight is 236 g/mol. The van der Waals surface area contributed by atoms with E-state index in [4.69, 9.17) is 0 Å². The van der Waals surface area contributed by atoms with Crippen molar-refractivity contribution in [3.05, 3.63) is 35.9 Å². The van der Waals surface area contributed by atoms with Crippen LogP contribution in [-0.2, 0) is 6.54 Å². The normalized spacial score (nSPS) is 21.2. The first-order valence-electron chi connectivity index (χ1n) is 5.88. The van der Waals surface area contributed by atoms with Gasteiger partial charge in [0.05, 0.1) is 0 Å². The second kappa shape index (κ2) is 6.28. The maximum atomic E-state index is 3.57. The Bertz CT molecular complexity index is 296. The van der Waals surface area contributed by atoms with Crippen molar-refractivity contribution in [1.82, 2.24) is 10.2 Å². The molecule has 0 radical (unpaired) electrons. The van der Waals surface area contributed by atoms with Crippen LogP contribution in [0.3, 0.4) is 0 Å². The van der Waals surface area contributed by atoms with Gasteiger partial charge in [0.2, 0.25) is 0 Å². The van der Waals surface area contributed by atoms with Gasteiger partial charge in [-0.25, -0.2) is 0 Å². The lowest BCUT2D eigenvalue weighted by atomic mass is 10.2. The minimum atomic E-state index is 0.660. The van der Waals surface area contributed by atoms with Gasteiger partial charge in [-0.05, 0) is 12.6 Å². The molecule has 1 unspecified atom stereocenters. The highest BCUT2D eigenvalue weighted by atomic mass is 32.2. The predicted octanol–water partition coefficient (Wildman–Crippen LogP) is 1.82. The van der Waals surface area contributed by atoms with E-state index >= 15 is 0 Å². The van der Waals surface area contributed by atoms with Gasteiger partial charge in [0.15, 0.2) is 0 Å². The largest absolute Gasteiger partial charge is 0.311 e. The number of benzene rings is 1. The van der Waals surface area contributed by atoms with E-state index in [1.54, 1.807) is 0 Å². The molecule has 1 aliphatic rings. The molecule has 1 fully saturated rings. The van der Waals surface area contributed by atoms with Gasteiger partial charge in [0, 0.05) is 37.2 Å². The van der Waals surface area contributed by atoms with Gasteiger partial charge >= 0.3 is 0 Å². The summed E-state index contributed by atoms with van der Waals surface area (Å²) in [7, 11) is 2.20. The van der Waals surface area contributed by atoms with Crippen LogP contribution >= 0.6 is 11.8 Å². The number of rotatable bonds is 4. The third kappa shape index (κ3) is 3.81. The number of hydrogen-bond acceptors (Lipinski definition) is 3. The van der Waals surface area contributed by atoms with Gasteiger partial charge < -0.3 is 10.2 Å². The molecule has 0 spiro atoms. The fourth-order valence-electron chi connectivity index (χ4n) is 2.07.